The Bertz CT molecular complexity index is 157. The number of hydrogen-bond acceptors (Lipinski definition) is 2. The number of rotatable bonds is 2. The maximum absolute atomic E-state index is 9.92. The lowest BCUT2D eigenvalue weighted by molar-refractivity contribution is -0.0692. The highest BCUT2D eigenvalue weighted by molar-refractivity contribution is 9.09. The summed E-state index contributed by atoms with van der Waals surface area (Å²) >= 11 is 3.42. The van der Waals surface area contributed by atoms with Gasteiger partial charge in [-0.2, -0.15) is 0 Å². The molecule has 72 valence electrons. The summed E-state index contributed by atoms with van der Waals surface area (Å²) in [5, 5.41) is 9.93. The standard InChI is InChI=1S/C9H17BrO2/c1-4-9(5-2)7(11)6(3)8(10)12-9/h6-8,11H,4-5H2,1-3H3. The highest BCUT2D eigenvalue weighted by Gasteiger charge is 2.49. The van der Waals surface area contributed by atoms with E-state index in [-0.39, 0.29) is 22.6 Å². The molecule has 0 aliphatic carbocycles. The second-order valence-corrected chi connectivity index (χ2v) is 4.45. The van der Waals surface area contributed by atoms with Crippen LogP contribution in [0.3, 0.4) is 0 Å². The first-order chi connectivity index (χ1) is 5.57. The Hall–Kier alpha value is 0.400. The molecule has 1 heterocycles. The molecule has 1 N–H and O–H groups in total. The van der Waals surface area contributed by atoms with Crippen LogP contribution in [0.4, 0.5) is 0 Å². The van der Waals surface area contributed by atoms with Crippen molar-refractivity contribution in [2.24, 2.45) is 5.92 Å². The fraction of sp³-hybridized carbons (Fsp3) is 1.00. The highest BCUT2D eigenvalue weighted by Crippen LogP contribution is 2.41. The lowest BCUT2D eigenvalue weighted by atomic mass is 9.87. The monoisotopic (exact) mass is 236 g/mol. The third-order valence-corrected chi connectivity index (χ3v) is 4.02. The average molecular weight is 237 g/mol. The summed E-state index contributed by atoms with van der Waals surface area (Å²) in [5.74, 6) is 0.185. The van der Waals surface area contributed by atoms with Gasteiger partial charge >= 0.3 is 0 Å². The lowest BCUT2D eigenvalue weighted by Gasteiger charge is -2.29. The summed E-state index contributed by atoms with van der Waals surface area (Å²) < 4.78 is 5.74. The maximum atomic E-state index is 9.92. The number of alkyl halides is 1. The molecule has 3 atom stereocenters. The predicted molar refractivity (Wildman–Crippen MR) is 52.3 cm³/mol. The maximum Gasteiger partial charge on any atom is 0.118 e. The fourth-order valence-corrected chi connectivity index (χ4v) is 2.52. The predicted octanol–water partition coefficient (Wildman–Crippen LogP) is 2.29. The van der Waals surface area contributed by atoms with Gasteiger partial charge in [0.05, 0.1) is 11.7 Å². The molecule has 2 nitrogen and oxygen atoms in total. The Balaban J connectivity index is 2.79. The van der Waals surface area contributed by atoms with E-state index in [1.807, 2.05) is 6.92 Å². The molecule has 0 spiro atoms. The van der Waals surface area contributed by atoms with E-state index in [1.165, 1.54) is 0 Å². The second kappa shape index (κ2) is 3.64. The van der Waals surface area contributed by atoms with Crippen LogP contribution in [-0.2, 0) is 4.74 Å². The van der Waals surface area contributed by atoms with E-state index in [1.54, 1.807) is 0 Å². The van der Waals surface area contributed by atoms with E-state index in [0.29, 0.717) is 0 Å². The highest BCUT2D eigenvalue weighted by atomic mass is 79.9. The molecule has 1 rings (SSSR count). The smallest absolute Gasteiger partial charge is 0.118 e. The van der Waals surface area contributed by atoms with Gasteiger partial charge in [-0.15, -0.1) is 0 Å². The number of aliphatic hydroxyl groups excluding tert-OH is 1. The van der Waals surface area contributed by atoms with Crippen LogP contribution in [-0.4, -0.2) is 21.8 Å². The van der Waals surface area contributed by atoms with Crippen molar-refractivity contribution in [2.75, 3.05) is 0 Å². The molecular formula is C9H17BrO2. The van der Waals surface area contributed by atoms with Crippen molar-refractivity contribution >= 4 is 15.9 Å². The quantitative estimate of drug-likeness (QED) is 0.746. The molecule has 0 aromatic carbocycles. The molecule has 12 heavy (non-hydrogen) atoms. The molecule has 0 amide bonds. The zero-order valence-electron chi connectivity index (χ0n) is 7.88. The summed E-state index contributed by atoms with van der Waals surface area (Å²) in [6.07, 6.45) is 1.41. The molecule has 1 aliphatic rings. The minimum Gasteiger partial charge on any atom is -0.390 e. The number of hydrogen-bond donors (Lipinski definition) is 1. The van der Waals surface area contributed by atoms with Gasteiger partial charge in [0.2, 0.25) is 0 Å². The van der Waals surface area contributed by atoms with E-state index in [2.05, 4.69) is 29.8 Å². The second-order valence-electron chi connectivity index (χ2n) is 3.54. The normalized spacial score (nSPS) is 40.2. The molecular weight excluding hydrogens is 220 g/mol. The van der Waals surface area contributed by atoms with Gasteiger partial charge in [-0.25, -0.2) is 0 Å². The molecule has 3 unspecified atom stereocenters. The minimum atomic E-state index is -0.336. The largest absolute Gasteiger partial charge is 0.390 e. The SMILES string of the molecule is CCC1(CC)OC(Br)C(C)C1O. The van der Waals surface area contributed by atoms with Crippen LogP contribution in [0.25, 0.3) is 0 Å². The topological polar surface area (TPSA) is 29.5 Å². The number of halogens is 1. The number of ether oxygens (including phenoxy) is 1. The minimum absolute atomic E-state index is 0.00685. The van der Waals surface area contributed by atoms with Gasteiger partial charge in [0.25, 0.3) is 0 Å². The van der Waals surface area contributed by atoms with Gasteiger partial charge in [-0.1, -0.05) is 36.7 Å². The van der Waals surface area contributed by atoms with Crippen LogP contribution >= 0.6 is 15.9 Å². The van der Waals surface area contributed by atoms with Gasteiger partial charge < -0.3 is 9.84 Å². The number of aliphatic hydroxyl groups is 1. The van der Waals surface area contributed by atoms with Crippen molar-refractivity contribution in [1.82, 2.24) is 0 Å². The van der Waals surface area contributed by atoms with Gasteiger partial charge in [0, 0.05) is 5.92 Å². The summed E-state index contributed by atoms with van der Waals surface area (Å²) in [7, 11) is 0. The first-order valence-electron chi connectivity index (χ1n) is 4.57. The first-order valence-corrected chi connectivity index (χ1v) is 5.49. The summed E-state index contributed by atoms with van der Waals surface area (Å²) in [5.41, 5.74) is -0.312. The van der Waals surface area contributed by atoms with Crippen molar-refractivity contribution in [1.29, 1.82) is 0 Å². The van der Waals surface area contributed by atoms with Gasteiger partial charge in [0.15, 0.2) is 0 Å². The Morgan fingerprint density at radius 3 is 2.08 bits per heavy atom. The molecule has 1 aliphatic heterocycles. The van der Waals surface area contributed by atoms with Crippen LogP contribution in [0.1, 0.15) is 33.6 Å². The van der Waals surface area contributed by atoms with Gasteiger partial charge in [-0.05, 0) is 12.8 Å². The van der Waals surface area contributed by atoms with Crippen molar-refractivity contribution < 1.29 is 9.84 Å². The third-order valence-electron chi connectivity index (χ3n) is 2.99. The van der Waals surface area contributed by atoms with Crippen molar-refractivity contribution in [3.8, 4) is 0 Å². The molecule has 3 heteroatoms. The zero-order chi connectivity index (χ0) is 9.35. The first kappa shape index (κ1) is 10.5. The lowest BCUT2D eigenvalue weighted by Crippen LogP contribution is -2.39. The van der Waals surface area contributed by atoms with Crippen LogP contribution in [0.2, 0.25) is 0 Å². The van der Waals surface area contributed by atoms with E-state index in [0.717, 1.165) is 12.8 Å². The zero-order valence-corrected chi connectivity index (χ0v) is 9.47. The van der Waals surface area contributed by atoms with E-state index in [9.17, 15) is 5.11 Å². The van der Waals surface area contributed by atoms with E-state index >= 15 is 0 Å². The van der Waals surface area contributed by atoms with E-state index in [4.69, 9.17) is 4.74 Å². The Kier molecular flexibility index (Phi) is 3.18. The van der Waals surface area contributed by atoms with Crippen LogP contribution < -0.4 is 0 Å². The van der Waals surface area contributed by atoms with Crippen molar-refractivity contribution in [3.63, 3.8) is 0 Å². The van der Waals surface area contributed by atoms with E-state index < -0.39 is 0 Å². The molecule has 0 aromatic heterocycles. The van der Waals surface area contributed by atoms with Crippen molar-refractivity contribution in [2.45, 2.75) is 50.3 Å². The summed E-state index contributed by atoms with van der Waals surface area (Å²) in [6, 6.07) is 0. The molecule has 0 saturated carbocycles. The van der Waals surface area contributed by atoms with Crippen LogP contribution in [0.5, 0.6) is 0 Å². The molecule has 0 bridgehead atoms. The molecule has 1 saturated heterocycles. The molecule has 0 radical (unpaired) electrons. The fourth-order valence-electron chi connectivity index (χ4n) is 1.86. The molecule has 1 fully saturated rings. The summed E-state index contributed by atoms with van der Waals surface area (Å²) in [4.78, 5) is 0. The molecule has 0 aromatic rings. The Morgan fingerprint density at radius 2 is 1.92 bits per heavy atom. The third kappa shape index (κ3) is 1.42. The van der Waals surface area contributed by atoms with Gasteiger partial charge in [0.1, 0.15) is 5.01 Å². The van der Waals surface area contributed by atoms with Crippen molar-refractivity contribution in [3.05, 3.63) is 0 Å². The van der Waals surface area contributed by atoms with Gasteiger partial charge in [-0.3, -0.25) is 0 Å². The Labute approximate surface area is 82.4 Å². The average Bonchev–Trinajstić information content (AvgIpc) is 2.30. The summed E-state index contributed by atoms with van der Waals surface area (Å²) in [6.45, 7) is 6.13. The van der Waals surface area contributed by atoms with Crippen LogP contribution in [0.15, 0.2) is 0 Å². The Morgan fingerprint density at radius 1 is 1.42 bits per heavy atom. The van der Waals surface area contributed by atoms with Crippen LogP contribution in [0, 0.1) is 5.92 Å².